The fraction of sp³-hybridized carbons (Fsp3) is 0.500. The van der Waals surface area contributed by atoms with Crippen molar-refractivity contribution >= 4 is 0 Å². The van der Waals surface area contributed by atoms with E-state index in [1.807, 2.05) is 12.1 Å². The highest BCUT2D eigenvalue weighted by Gasteiger charge is 2.18. The third-order valence-electron chi connectivity index (χ3n) is 3.01. The number of hydrogen-bond acceptors (Lipinski definition) is 3. The van der Waals surface area contributed by atoms with Crippen molar-refractivity contribution in [2.24, 2.45) is 5.92 Å². The molecule has 1 aromatic rings. The van der Waals surface area contributed by atoms with E-state index in [1.165, 1.54) is 5.56 Å². The zero-order valence-corrected chi connectivity index (χ0v) is 8.66. The largest absolute Gasteiger partial charge is 0.493 e. The second-order valence-corrected chi connectivity index (χ2v) is 4.20. The van der Waals surface area contributed by atoms with Gasteiger partial charge >= 0.3 is 0 Å². The van der Waals surface area contributed by atoms with E-state index in [2.05, 4.69) is 11.4 Å². The molecule has 0 unspecified atom stereocenters. The Morgan fingerprint density at radius 3 is 3.13 bits per heavy atom. The number of rotatable bonds is 3. The zero-order valence-electron chi connectivity index (χ0n) is 8.66. The van der Waals surface area contributed by atoms with E-state index in [1.54, 1.807) is 0 Å². The van der Waals surface area contributed by atoms with E-state index in [-0.39, 0.29) is 0 Å². The molecule has 80 valence electrons. The van der Waals surface area contributed by atoms with Crippen LogP contribution in [0.25, 0.3) is 0 Å². The van der Waals surface area contributed by atoms with Gasteiger partial charge in [0.05, 0.1) is 13.2 Å². The number of nitrogens with one attached hydrogen (secondary N) is 1. The average molecular weight is 205 g/mol. The van der Waals surface area contributed by atoms with Crippen molar-refractivity contribution in [3.05, 3.63) is 23.8 Å². The smallest absolute Gasteiger partial charge is 0.122 e. The van der Waals surface area contributed by atoms with Crippen LogP contribution < -0.4 is 14.8 Å². The third-order valence-corrected chi connectivity index (χ3v) is 3.01. The van der Waals surface area contributed by atoms with Crippen molar-refractivity contribution in [3.8, 4) is 11.5 Å². The van der Waals surface area contributed by atoms with Crippen LogP contribution in [-0.4, -0.2) is 26.3 Å². The molecular weight excluding hydrogens is 190 g/mol. The fourth-order valence-electron chi connectivity index (χ4n) is 1.93. The Morgan fingerprint density at radius 2 is 2.33 bits per heavy atom. The van der Waals surface area contributed by atoms with E-state index in [0.717, 1.165) is 44.2 Å². The summed E-state index contributed by atoms with van der Waals surface area (Å²) in [6.45, 7) is 3.82. The third kappa shape index (κ3) is 1.79. The standard InChI is InChI=1S/C12H15NO2/c1-2-12-10(3-4-14-12)5-11(1)15-8-9-6-13-7-9/h1-2,5,9,13H,3-4,6-8H2. The molecule has 3 heteroatoms. The first-order valence-corrected chi connectivity index (χ1v) is 5.51. The molecule has 0 spiro atoms. The summed E-state index contributed by atoms with van der Waals surface area (Å²) in [6.07, 6.45) is 1.01. The van der Waals surface area contributed by atoms with Crippen LogP contribution in [0.15, 0.2) is 18.2 Å². The molecule has 2 aliphatic heterocycles. The number of benzene rings is 1. The van der Waals surface area contributed by atoms with Gasteiger partial charge in [-0.05, 0) is 18.2 Å². The van der Waals surface area contributed by atoms with Crippen LogP contribution in [0.1, 0.15) is 5.56 Å². The molecule has 1 N–H and O–H groups in total. The summed E-state index contributed by atoms with van der Waals surface area (Å²) in [4.78, 5) is 0. The van der Waals surface area contributed by atoms with E-state index in [9.17, 15) is 0 Å². The lowest BCUT2D eigenvalue weighted by Crippen LogP contribution is -2.45. The Bertz CT molecular complexity index is 361. The van der Waals surface area contributed by atoms with Gasteiger partial charge in [0.1, 0.15) is 11.5 Å². The zero-order chi connectivity index (χ0) is 10.1. The number of fused-ring (bicyclic) bond motifs is 1. The van der Waals surface area contributed by atoms with Gasteiger partial charge in [0.2, 0.25) is 0 Å². The van der Waals surface area contributed by atoms with Gasteiger partial charge in [-0.3, -0.25) is 0 Å². The average Bonchev–Trinajstić information content (AvgIpc) is 2.62. The van der Waals surface area contributed by atoms with Crippen LogP contribution in [0.2, 0.25) is 0 Å². The summed E-state index contributed by atoms with van der Waals surface area (Å²) in [6, 6.07) is 6.11. The minimum Gasteiger partial charge on any atom is -0.493 e. The highest BCUT2D eigenvalue weighted by molar-refractivity contribution is 5.42. The molecule has 15 heavy (non-hydrogen) atoms. The SMILES string of the molecule is c1cc2c(cc1OCC1CNC1)CCO2. The molecule has 0 amide bonds. The lowest BCUT2D eigenvalue weighted by molar-refractivity contribution is 0.199. The fourth-order valence-corrected chi connectivity index (χ4v) is 1.93. The van der Waals surface area contributed by atoms with E-state index in [0.29, 0.717) is 5.92 Å². The van der Waals surface area contributed by atoms with Crippen molar-refractivity contribution in [2.75, 3.05) is 26.3 Å². The normalized spacial score (nSPS) is 19.2. The molecule has 0 aromatic heterocycles. The second kappa shape index (κ2) is 3.74. The molecular formula is C12H15NO2. The summed E-state index contributed by atoms with van der Waals surface area (Å²) in [7, 11) is 0. The molecule has 1 aromatic carbocycles. The highest BCUT2D eigenvalue weighted by Crippen LogP contribution is 2.29. The maximum atomic E-state index is 5.74. The van der Waals surface area contributed by atoms with Crippen LogP contribution in [0, 0.1) is 5.92 Å². The van der Waals surface area contributed by atoms with Crippen molar-refractivity contribution in [1.82, 2.24) is 5.32 Å². The van der Waals surface area contributed by atoms with Gasteiger partial charge in [0.25, 0.3) is 0 Å². The quantitative estimate of drug-likeness (QED) is 0.804. The van der Waals surface area contributed by atoms with Crippen LogP contribution in [0.3, 0.4) is 0 Å². The van der Waals surface area contributed by atoms with Crippen molar-refractivity contribution in [2.45, 2.75) is 6.42 Å². The molecule has 1 saturated heterocycles. The van der Waals surface area contributed by atoms with Crippen molar-refractivity contribution in [3.63, 3.8) is 0 Å². The highest BCUT2D eigenvalue weighted by atomic mass is 16.5. The summed E-state index contributed by atoms with van der Waals surface area (Å²) in [5, 5.41) is 3.24. The Hall–Kier alpha value is -1.22. The first kappa shape index (κ1) is 9.04. The minimum absolute atomic E-state index is 0.689. The molecule has 1 fully saturated rings. The Morgan fingerprint density at radius 1 is 1.40 bits per heavy atom. The maximum Gasteiger partial charge on any atom is 0.122 e. The van der Waals surface area contributed by atoms with Gasteiger partial charge in [-0.25, -0.2) is 0 Å². The van der Waals surface area contributed by atoms with E-state index >= 15 is 0 Å². The van der Waals surface area contributed by atoms with E-state index in [4.69, 9.17) is 9.47 Å². The van der Waals surface area contributed by atoms with Gasteiger partial charge in [-0.15, -0.1) is 0 Å². The molecule has 0 atom stereocenters. The lowest BCUT2D eigenvalue weighted by Gasteiger charge is -2.26. The van der Waals surface area contributed by atoms with Crippen molar-refractivity contribution in [1.29, 1.82) is 0 Å². The molecule has 0 radical (unpaired) electrons. The van der Waals surface area contributed by atoms with E-state index < -0.39 is 0 Å². The summed E-state index contributed by atoms with van der Waals surface area (Å²) >= 11 is 0. The molecule has 3 rings (SSSR count). The molecule has 0 aliphatic carbocycles. The van der Waals surface area contributed by atoms with Crippen LogP contribution in [-0.2, 0) is 6.42 Å². The van der Waals surface area contributed by atoms with Gasteiger partial charge < -0.3 is 14.8 Å². The summed E-state index contributed by atoms with van der Waals surface area (Å²) in [5.41, 5.74) is 1.28. The monoisotopic (exact) mass is 205 g/mol. The van der Waals surface area contributed by atoms with Crippen LogP contribution in [0.5, 0.6) is 11.5 Å². The van der Waals surface area contributed by atoms with Crippen LogP contribution >= 0.6 is 0 Å². The van der Waals surface area contributed by atoms with Crippen LogP contribution in [0.4, 0.5) is 0 Å². The predicted molar refractivity (Wildman–Crippen MR) is 57.5 cm³/mol. The first-order chi connectivity index (χ1) is 7.42. The predicted octanol–water partition coefficient (Wildman–Crippen LogP) is 1.22. The number of hydrogen-bond donors (Lipinski definition) is 1. The second-order valence-electron chi connectivity index (χ2n) is 4.20. The Balaban J connectivity index is 1.64. The summed E-state index contributed by atoms with van der Waals surface area (Å²) < 4.78 is 11.2. The first-order valence-electron chi connectivity index (χ1n) is 5.51. The Labute approximate surface area is 89.4 Å². The molecule has 0 saturated carbocycles. The van der Waals surface area contributed by atoms with Crippen molar-refractivity contribution < 1.29 is 9.47 Å². The topological polar surface area (TPSA) is 30.5 Å². The molecule has 2 heterocycles. The lowest BCUT2D eigenvalue weighted by atomic mass is 10.1. The Kier molecular flexibility index (Phi) is 2.25. The molecule has 2 aliphatic rings. The van der Waals surface area contributed by atoms with Gasteiger partial charge in [0.15, 0.2) is 0 Å². The minimum atomic E-state index is 0.689. The molecule has 3 nitrogen and oxygen atoms in total. The summed E-state index contributed by atoms with van der Waals surface area (Å²) in [5.74, 6) is 2.69. The molecule has 0 bridgehead atoms. The van der Waals surface area contributed by atoms with Gasteiger partial charge in [0, 0.05) is 31.0 Å². The van der Waals surface area contributed by atoms with Gasteiger partial charge in [-0.2, -0.15) is 0 Å². The maximum absolute atomic E-state index is 5.74. The number of ether oxygens (including phenoxy) is 2. The van der Waals surface area contributed by atoms with Gasteiger partial charge in [-0.1, -0.05) is 0 Å².